The van der Waals surface area contributed by atoms with Crippen molar-refractivity contribution >= 4 is 44.1 Å². The Balaban J connectivity index is 1.69. The summed E-state index contributed by atoms with van der Waals surface area (Å²) >= 11 is 1.29. The summed E-state index contributed by atoms with van der Waals surface area (Å²) in [5, 5.41) is 11.5. The number of fused-ring (bicyclic) bond motifs is 1. The fraction of sp³-hybridized carbons (Fsp3) is 0.148. The van der Waals surface area contributed by atoms with Crippen LogP contribution >= 0.6 is 11.3 Å². The summed E-state index contributed by atoms with van der Waals surface area (Å²) in [6.45, 7) is 2.05. The number of carbonyl (C=O) groups excluding carboxylic acids is 2. The number of thiazole rings is 1. The van der Waals surface area contributed by atoms with Gasteiger partial charge in [-0.25, -0.2) is 9.37 Å². The Bertz CT molecular complexity index is 1480. The van der Waals surface area contributed by atoms with Gasteiger partial charge >= 0.3 is 5.91 Å². The number of ketones is 1. The largest absolute Gasteiger partial charge is 0.507 e. The quantitative estimate of drug-likeness (QED) is 0.224. The minimum absolute atomic E-state index is 0.0831. The van der Waals surface area contributed by atoms with Gasteiger partial charge in [-0.2, -0.15) is 0 Å². The molecule has 2 heterocycles. The number of aromatic nitrogens is 1. The molecule has 1 fully saturated rings. The number of aliphatic hydroxyl groups excluding tert-OH is 1. The van der Waals surface area contributed by atoms with Crippen molar-refractivity contribution in [3.05, 3.63) is 94.8 Å². The van der Waals surface area contributed by atoms with Gasteiger partial charge in [0.1, 0.15) is 17.3 Å². The third kappa shape index (κ3) is 3.95. The molecule has 0 saturated carbocycles. The van der Waals surface area contributed by atoms with Crippen molar-refractivity contribution in [2.45, 2.75) is 19.4 Å². The van der Waals surface area contributed by atoms with Gasteiger partial charge in [0.05, 0.1) is 28.9 Å². The highest BCUT2D eigenvalue weighted by Crippen LogP contribution is 2.44. The number of benzene rings is 3. The van der Waals surface area contributed by atoms with Crippen LogP contribution in [0.4, 0.5) is 9.52 Å². The van der Waals surface area contributed by atoms with Gasteiger partial charge in [0.15, 0.2) is 5.13 Å². The van der Waals surface area contributed by atoms with E-state index in [1.807, 2.05) is 18.2 Å². The average Bonchev–Trinajstić information content (AvgIpc) is 3.41. The van der Waals surface area contributed by atoms with Crippen molar-refractivity contribution in [2.75, 3.05) is 12.0 Å². The molecule has 35 heavy (non-hydrogen) atoms. The van der Waals surface area contributed by atoms with Gasteiger partial charge in [0.25, 0.3) is 5.78 Å². The summed E-state index contributed by atoms with van der Waals surface area (Å²) in [4.78, 5) is 32.5. The average molecular weight is 489 g/mol. The van der Waals surface area contributed by atoms with Gasteiger partial charge in [-0.1, -0.05) is 36.5 Å². The lowest BCUT2D eigenvalue weighted by Crippen LogP contribution is -2.29. The molecule has 1 N–H and O–H groups in total. The second-order valence-electron chi connectivity index (χ2n) is 8.10. The molecule has 0 bridgehead atoms. The second-order valence-corrected chi connectivity index (χ2v) is 9.11. The van der Waals surface area contributed by atoms with Gasteiger partial charge < -0.3 is 9.84 Å². The highest BCUT2D eigenvalue weighted by Gasteiger charge is 2.48. The number of ether oxygens (including phenoxy) is 1. The number of carbonyl (C=O) groups is 2. The summed E-state index contributed by atoms with van der Waals surface area (Å²) in [5.41, 5.74) is 2.59. The smallest absolute Gasteiger partial charge is 0.301 e. The van der Waals surface area contributed by atoms with E-state index in [9.17, 15) is 19.1 Å². The minimum Gasteiger partial charge on any atom is -0.507 e. The molecule has 0 aliphatic carbocycles. The summed E-state index contributed by atoms with van der Waals surface area (Å²) in [5.74, 6) is -1.83. The molecule has 1 atom stereocenters. The first-order chi connectivity index (χ1) is 16.9. The lowest BCUT2D eigenvalue weighted by Gasteiger charge is -2.23. The number of aliphatic hydroxyl groups is 1. The molecule has 0 unspecified atom stereocenters. The van der Waals surface area contributed by atoms with Crippen molar-refractivity contribution in [3.8, 4) is 5.75 Å². The Morgan fingerprint density at radius 1 is 1.09 bits per heavy atom. The molecule has 0 spiro atoms. The number of hydrogen-bond donors (Lipinski definition) is 1. The highest BCUT2D eigenvalue weighted by molar-refractivity contribution is 7.22. The van der Waals surface area contributed by atoms with Crippen LogP contribution in [0.15, 0.2) is 72.3 Å². The first kappa shape index (κ1) is 22.7. The first-order valence-corrected chi connectivity index (χ1v) is 11.8. The number of anilines is 1. The van der Waals surface area contributed by atoms with Crippen LogP contribution in [-0.2, 0) is 16.0 Å². The van der Waals surface area contributed by atoms with Crippen LogP contribution in [0.1, 0.15) is 29.7 Å². The highest BCUT2D eigenvalue weighted by atomic mass is 32.1. The molecular weight excluding hydrogens is 467 g/mol. The predicted octanol–water partition coefficient (Wildman–Crippen LogP) is 5.63. The van der Waals surface area contributed by atoms with E-state index in [0.717, 1.165) is 16.7 Å². The van der Waals surface area contributed by atoms with E-state index in [-0.39, 0.29) is 11.3 Å². The molecule has 4 aromatic rings. The van der Waals surface area contributed by atoms with E-state index in [0.29, 0.717) is 27.5 Å². The summed E-state index contributed by atoms with van der Waals surface area (Å²) in [6.07, 6.45) is 0.852. The van der Waals surface area contributed by atoms with E-state index >= 15 is 0 Å². The normalized spacial score (nSPS) is 17.3. The molecule has 8 heteroatoms. The van der Waals surface area contributed by atoms with E-state index in [1.54, 1.807) is 24.3 Å². The number of nitrogens with zero attached hydrogens (tertiary/aromatic N) is 2. The lowest BCUT2D eigenvalue weighted by molar-refractivity contribution is -0.132. The van der Waals surface area contributed by atoms with Crippen molar-refractivity contribution < 1.29 is 23.8 Å². The van der Waals surface area contributed by atoms with Gasteiger partial charge in [-0.3, -0.25) is 14.5 Å². The number of rotatable bonds is 5. The summed E-state index contributed by atoms with van der Waals surface area (Å²) < 4.78 is 19.8. The third-order valence-corrected chi connectivity index (χ3v) is 7.07. The van der Waals surface area contributed by atoms with Gasteiger partial charge in [0.2, 0.25) is 0 Å². The van der Waals surface area contributed by atoms with Crippen LogP contribution in [0.2, 0.25) is 0 Å². The standard InChI is InChI=1S/C27H21FN2O4S/c1-3-15-4-13-20-21(14-15)35-27(29-20)30-23(16-5-9-18(28)10-6-16)22(25(32)26(30)33)24(31)17-7-11-19(34-2)12-8-17/h4-14,23,31H,3H2,1-2H3/b24-22+/t23-/m0/s1. The van der Waals surface area contributed by atoms with Crippen LogP contribution < -0.4 is 9.64 Å². The zero-order valence-corrected chi connectivity index (χ0v) is 19.8. The second kappa shape index (κ2) is 8.96. The maximum atomic E-state index is 13.7. The van der Waals surface area contributed by atoms with Crippen LogP contribution in [0, 0.1) is 5.82 Å². The molecule has 176 valence electrons. The van der Waals surface area contributed by atoms with E-state index < -0.39 is 23.5 Å². The van der Waals surface area contributed by atoms with Crippen LogP contribution in [0.5, 0.6) is 5.75 Å². The van der Waals surface area contributed by atoms with E-state index in [4.69, 9.17) is 4.74 Å². The molecule has 6 nitrogen and oxygen atoms in total. The van der Waals surface area contributed by atoms with Crippen molar-refractivity contribution in [2.24, 2.45) is 0 Å². The molecule has 3 aromatic carbocycles. The molecule has 1 saturated heterocycles. The molecule has 1 aromatic heterocycles. The molecule has 5 rings (SSSR count). The predicted molar refractivity (Wildman–Crippen MR) is 133 cm³/mol. The number of amides is 1. The first-order valence-electron chi connectivity index (χ1n) is 11.0. The van der Waals surface area contributed by atoms with E-state index in [2.05, 4.69) is 11.9 Å². The molecule has 1 aliphatic rings. The topological polar surface area (TPSA) is 79.7 Å². The monoisotopic (exact) mass is 488 g/mol. The van der Waals surface area contributed by atoms with Crippen molar-refractivity contribution in [1.82, 2.24) is 4.98 Å². The van der Waals surface area contributed by atoms with Crippen molar-refractivity contribution in [3.63, 3.8) is 0 Å². The fourth-order valence-corrected chi connectivity index (χ4v) is 5.23. The SMILES string of the molecule is CCc1ccc2nc(N3C(=O)C(=O)/C(=C(/O)c4ccc(OC)cc4)[C@@H]3c3ccc(F)cc3)sc2c1. The van der Waals surface area contributed by atoms with Gasteiger partial charge in [0, 0.05) is 5.56 Å². The summed E-state index contributed by atoms with van der Waals surface area (Å²) in [7, 11) is 1.52. The summed E-state index contributed by atoms with van der Waals surface area (Å²) in [6, 6.07) is 16.9. The number of methoxy groups -OCH3 is 1. The minimum atomic E-state index is -0.969. The van der Waals surface area contributed by atoms with Gasteiger partial charge in [-0.05, 0) is 66.1 Å². The molecule has 1 amide bonds. The Labute approximate surface area is 204 Å². The Morgan fingerprint density at radius 2 is 1.80 bits per heavy atom. The van der Waals surface area contributed by atoms with E-state index in [1.165, 1.54) is 47.6 Å². The number of Topliss-reactive ketones (excluding diaryl/α,β-unsaturated/α-hetero) is 1. The maximum absolute atomic E-state index is 13.7. The lowest BCUT2D eigenvalue weighted by atomic mass is 9.95. The zero-order valence-electron chi connectivity index (χ0n) is 19.0. The molecule has 0 radical (unpaired) electrons. The van der Waals surface area contributed by atoms with Crippen LogP contribution in [-0.4, -0.2) is 28.9 Å². The molecule has 1 aliphatic heterocycles. The molecular formula is C27H21FN2O4S. The Hall–Kier alpha value is -4.04. The third-order valence-electron chi connectivity index (χ3n) is 6.05. The number of hydrogen-bond acceptors (Lipinski definition) is 6. The number of halogens is 1. The van der Waals surface area contributed by atoms with Crippen molar-refractivity contribution in [1.29, 1.82) is 0 Å². The Morgan fingerprint density at radius 3 is 2.46 bits per heavy atom. The van der Waals surface area contributed by atoms with Gasteiger partial charge in [-0.15, -0.1) is 0 Å². The number of aryl methyl sites for hydroxylation is 1. The van der Waals surface area contributed by atoms with Crippen LogP contribution in [0.25, 0.3) is 16.0 Å². The Kier molecular flexibility index (Phi) is 5.82. The maximum Gasteiger partial charge on any atom is 0.301 e. The fourth-order valence-electron chi connectivity index (χ4n) is 4.17. The van der Waals surface area contributed by atoms with Crippen LogP contribution in [0.3, 0.4) is 0 Å². The zero-order chi connectivity index (χ0) is 24.7.